The third-order valence-corrected chi connectivity index (χ3v) is 3.93. The maximum Gasteiger partial charge on any atom is 0.319 e. The SMILES string of the molecule is COc1ccc(NC(=O)NC2CCC(C(=O)O)CC2)c(C)n1. The fourth-order valence-electron chi connectivity index (χ4n) is 2.61. The molecule has 1 aromatic heterocycles. The first kappa shape index (κ1) is 16.1. The molecule has 0 spiro atoms. The smallest absolute Gasteiger partial charge is 0.319 e. The molecule has 1 aliphatic rings. The number of anilines is 1. The van der Waals surface area contributed by atoms with E-state index in [2.05, 4.69) is 15.6 Å². The minimum Gasteiger partial charge on any atom is -0.481 e. The van der Waals surface area contributed by atoms with Crippen LogP contribution in [0.5, 0.6) is 5.88 Å². The van der Waals surface area contributed by atoms with Crippen molar-refractivity contribution in [3.8, 4) is 5.88 Å². The van der Waals surface area contributed by atoms with E-state index in [9.17, 15) is 9.59 Å². The summed E-state index contributed by atoms with van der Waals surface area (Å²) in [6, 6.07) is 3.14. The van der Waals surface area contributed by atoms with Crippen molar-refractivity contribution >= 4 is 17.7 Å². The zero-order valence-electron chi connectivity index (χ0n) is 12.8. The van der Waals surface area contributed by atoms with E-state index >= 15 is 0 Å². The van der Waals surface area contributed by atoms with E-state index < -0.39 is 5.97 Å². The van der Waals surface area contributed by atoms with E-state index in [1.165, 1.54) is 7.11 Å². The van der Waals surface area contributed by atoms with E-state index in [-0.39, 0.29) is 18.0 Å². The molecule has 2 rings (SSSR count). The van der Waals surface area contributed by atoms with Crippen LogP contribution in [0, 0.1) is 12.8 Å². The maximum absolute atomic E-state index is 12.0. The molecule has 0 unspecified atom stereocenters. The molecule has 2 amide bonds. The molecule has 1 saturated carbocycles. The molecule has 1 aliphatic carbocycles. The molecule has 0 aliphatic heterocycles. The van der Waals surface area contributed by atoms with Gasteiger partial charge >= 0.3 is 12.0 Å². The Hall–Kier alpha value is -2.31. The van der Waals surface area contributed by atoms with Gasteiger partial charge in [0.05, 0.1) is 24.4 Å². The van der Waals surface area contributed by atoms with Crippen LogP contribution in [0.4, 0.5) is 10.5 Å². The van der Waals surface area contributed by atoms with Gasteiger partial charge in [0.15, 0.2) is 0 Å². The summed E-state index contributed by atoms with van der Waals surface area (Å²) in [4.78, 5) is 27.1. The first-order chi connectivity index (χ1) is 10.5. The molecule has 0 atom stereocenters. The average Bonchev–Trinajstić information content (AvgIpc) is 2.49. The Morgan fingerprint density at radius 2 is 1.95 bits per heavy atom. The number of aryl methyl sites for hydroxylation is 1. The highest BCUT2D eigenvalue weighted by Crippen LogP contribution is 2.24. The van der Waals surface area contributed by atoms with Crippen molar-refractivity contribution in [3.63, 3.8) is 0 Å². The predicted molar refractivity (Wildman–Crippen MR) is 81.1 cm³/mol. The lowest BCUT2D eigenvalue weighted by atomic mass is 9.86. The van der Waals surface area contributed by atoms with Gasteiger partial charge in [0.25, 0.3) is 0 Å². The van der Waals surface area contributed by atoms with Gasteiger partial charge < -0.3 is 20.5 Å². The van der Waals surface area contributed by atoms with Crippen molar-refractivity contribution in [2.45, 2.75) is 38.6 Å². The van der Waals surface area contributed by atoms with Gasteiger partial charge in [-0.3, -0.25) is 4.79 Å². The Bertz CT molecular complexity index is 554. The Kier molecular flexibility index (Phi) is 5.19. The summed E-state index contributed by atoms with van der Waals surface area (Å²) in [5.74, 6) is -0.535. The number of urea groups is 1. The fraction of sp³-hybridized carbons (Fsp3) is 0.533. The van der Waals surface area contributed by atoms with Crippen LogP contribution in [0.2, 0.25) is 0 Å². The van der Waals surface area contributed by atoms with Gasteiger partial charge in [-0.1, -0.05) is 0 Å². The summed E-state index contributed by atoms with van der Waals surface area (Å²) in [7, 11) is 1.54. The molecule has 3 N–H and O–H groups in total. The number of pyridine rings is 1. The van der Waals surface area contributed by atoms with Gasteiger partial charge in [-0.2, -0.15) is 0 Å². The van der Waals surface area contributed by atoms with Crippen LogP contribution >= 0.6 is 0 Å². The van der Waals surface area contributed by atoms with Gasteiger partial charge in [0, 0.05) is 12.1 Å². The number of carbonyl (C=O) groups excluding carboxylic acids is 1. The summed E-state index contributed by atoms with van der Waals surface area (Å²) in [5, 5.41) is 14.6. The van der Waals surface area contributed by atoms with E-state index in [0.29, 0.717) is 42.9 Å². The number of nitrogens with one attached hydrogen (secondary N) is 2. The number of carboxylic acids is 1. The third kappa shape index (κ3) is 4.09. The van der Waals surface area contributed by atoms with Gasteiger partial charge in [0.2, 0.25) is 5.88 Å². The first-order valence-electron chi connectivity index (χ1n) is 7.31. The highest BCUT2D eigenvalue weighted by molar-refractivity contribution is 5.90. The van der Waals surface area contributed by atoms with Crippen molar-refractivity contribution in [1.82, 2.24) is 10.3 Å². The number of amides is 2. The summed E-state index contributed by atoms with van der Waals surface area (Å²) >= 11 is 0. The van der Waals surface area contributed by atoms with Crippen LogP contribution < -0.4 is 15.4 Å². The zero-order chi connectivity index (χ0) is 16.1. The average molecular weight is 307 g/mol. The van der Waals surface area contributed by atoms with Crippen LogP contribution in [-0.4, -0.2) is 35.2 Å². The van der Waals surface area contributed by atoms with E-state index in [0.717, 1.165) is 0 Å². The second-order valence-corrected chi connectivity index (χ2v) is 5.47. The van der Waals surface area contributed by atoms with Gasteiger partial charge in [-0.15, -0.1) is 0 Å². The lowest BCUT2D eigenvalue weighted by Crippen LogP contribution is -2.41. The molecule has 0 saturated heterocycles. The number of carbonyl (C=O) groups is 2. The highest BCUT2D eigenvalue weighted by Gasteiger charge is 2.26. The molecule has 0 radical (unpaired) electrons. The van der Waals surface area contributed by atoms with E-state index in [1.807, 2.05) is 0 Å². The van der Waals surface area contributed by atoms with Gasteiger partial charge in [-0.05, 0) is 38.7 Å². The van der Waals surface area contributed by atoms with Crippen molar-refractivity contribution in [3.05, 3.63) is 17.8 Å². The number of aromatic nitrogens is 1. The fourth-order valence-corrected chi connectivity index (χ4v) is 2.61. The molecule has 22 heavy (non-hydrogen) atoms. The molecule has 120 valence electrons. The minimum absolute atomic E-state index is 0.0158. The number of rotatable bonds is 4. The number of aliphatic carboxylic acids is 1. The number of hydrogen-bond acceptors (Lipinski definition) is 4. The van der Waals surface area contributed by atoms with Crippen LogP contribution in [-0.2, 0) is 4.79 Å². The molecular weight excluding hydrogens is 286 g/mol. The third-order valence-electron chi connectivity index (χ3n) is 3.93. The monoisotopic (exact) mass is 307 g/mol. The number of carboxylic acid groups (broad SMARTS) is 1. The molecule has 0 aromatic carbocycles. The molecule has 7 nitrogen and oxygen atoms in total. The first-order valence-corrected chi connectivity index (χ1v) is 7.31. The summed E-state index contributed by atoms with van der Waals surface area (Å²) in [6.07, 6.45) is 2.57. The van der Waals surface area contributed by atoms with Crippen LogP contribution in [0.3, 0.4) is 0 Å². The topological polar surface area (TPSA) is 101 Å². The van der Waals surface area contributed by atoms with E-state index in [4.69, 9.17) is 9.84 Å². The molecular formula is C15H21N3O4. The number of ether oxygens (including phenoxy) is 1. The van der Waals surface area contributed by atoms with Crippen LogP contribution in [0.1, 0.15) is 31.4 Å². The molecule has 1 fully saturated rings. The lowest BCUT2D eigenvalue weighted by molar-refractivity contribution is -0.142. The highest BCUT2D eigenvalue weighted by atomic mass is 16.5. The Morgan fingerprint density at radius 3 is 2.50 bits per heavy atom. The van der Waals surface area contributed by atoms with Crippen molar-refractivity contribution in [2.75, 3.05) is 12.4 Å². The zero-order valence-corrected chi connectivity index (χ0v) is 12.8. The molecule has 1 aromatic rings. The Morgan fingerprint density at radius 1 is 1.27 bits per heavy atom. The number of hydrogen-bond donors (Lipinski definition) is 3. The van der Waals surface area contributed by atoms with Gasteiger partial charge in [-0.25, -0.2) is 9.78 Å². The minimum atomic E-state index is -0.747. The second-order valence-electron chi connectivity index (χ2n) is 5.47. The molecule has 1 heterocycles. The maximum atomic E-state index is 12.0. The Labute approximate surface area is 129 Å². The standard InChI is InChI=1S/C15H21N3O4/c1-9-12(7-8-13(16-9)22-2)18-15(21)17-11-5-3-10(4-6-11)14(19)20/h7-8,10-11H,3-6H2,1-2H3,(H,19,20)(H2,17,18,21). The van der Waals surface area contributed by atoms with Crippen molar-refractivity contribution < 1.29 is 19.4 Å². The van der Waals surface area contributed by atoms with Gasteiger partial charge in [0.1, 0.15) is 0 Å². The van der Waals surface area contributed by atoms with E-state index in [1.54, 1.807) is 19.1 Å². The van der Waals surface area contributed by atoms with Crippen LogP contribution in [0.25, 0.3) is 0 Å². The summed E-state index contributed by atoms with van der Waals surface area (Å²) in [5.41, 5.74) is 1.29. The predicted octanol–water partition coefficient (Wildman–Crippen LogP) is 2.16. The normalized spacial score (nSPS) is 21.0. The van der Waals surface area contributed by atoms with Crippen molar-refractivity contribution in [1.29, 1.82) is 0 Å². The van der Waals surface area contributed by atoms with Crippen LogP contribution in [0.15, 0.2) is 12.1 Å². The second kappa shape index (κ2) is 7.11. The number of nitrogens with zero attached hydrogens (tertiary/aromatic N) is 1. The quantitative estimate of drug-likeness (QED) is 0.791. The lowest BCUT2D eigenvalue weighted by Gasteiger charge is -2.26. The molecule has 7 heteroatoms. The molecule has 0 bridgehead atoms. The summed E-state index contributed by atoms with van der Waals surface area (Å²) in [6.45, 7) is 1.79. The number of methoxy groups -OCH3 is 1. The summed E-state index contributed by atoms with van der Waals surface area (Å²) < 4.78 is 5.02. The Balaban J connectivity index is 1.85. The van der Waals surface area contributed by atoms with Crippen molar-refractivity contribution in [2.24, 2.45) is 5.92 Å². The largest absolute Gasteiger partial charge is 0.481 e.